The van der Waals surface area contributed by atoms with E-state index in [9.17, 15) is 23.7 Å². The molecule has 1 aliphatic rings. The number of carbonyl (C=O) groups excluding carboxylic acids is 1. The first-order valence-electron chi connectivity index (χ1n) is 8.17. The van der Waals surface area contributed by atoms with Crippen LogP contribution in [0.25, 0.3) is 0 Å². The molecule has 2 rings (SSSR count). The Hall–Kier alpha value is -2.10. The van der Waals surface area contributed by atoms with E-state index in [1.807, 2.05) is 0 Å². The van der Waals surface area contributed by atoms with E-state index in [1.165, 1.54) is 4.68 Å². The Morgan fingerprint density at radius 3 is 2.64 bits per heavy atom. The molecule has 1 heterocycles. The Labute approximate surface area is 143 Å². The van der Waals surface area contributed by atoms with Crippen LogP contribution in [0.3, 0.4) is 0 Å². The predicted molar refractivity (Wildman–Crippen MR) is 82.3 cm³/mol. The van der Waals surface area contributed by atoms with Gasteiger partial charge in [0.2, 0.25) is 5.69 Å². The van der Waals surface area contributed by atoms with Gasteiger partial charge in [-0.2, -0.15) is 5.10 Å². The van der Waals surface area contributed by atoms with Gasteiger partial charge in [0.1, 0.15) is 12.8 Å². The van der Waals surface area contributed by atoms with Crippen molar-refractivity contribution in [3.05, 3.63) is 22.0 Å². The van der Waals surface area contributed by atoms with Crippen molar-refractivity contribution in [2.75, 3.05) is 19.8 Å². The van der Waals surface area contributed by atoms with Gasteiger partial charge < -0.3 is 9.47 Å². The van der Waals surface area contributed by atoms with Crippen molar-refractivity contribution in [3.63, 3.8) is 0 Å². The van der Waals surface area contributed by atoms with E-state index >= 15 is 0 Å². The molecule has 10 heteroatoms. The maximum atomic E-state index is 12.9. The number of nitro groups is 1. The van der Waals surface area contributed by atoms with Crippen LogP contribution >= 0.6 is 0 Å². The maximum absolute atomic E-state index is 12.9. The molecule has 0 atom stereocenters. The first-order chi connectivity index (χ1) is 11.9. The lowest BCUT2D eigenvalue weighted by atomic mass is 9.86. The SMILES string of the molecule is CCOC(=O)COCC1CCC(n2cc([N+](=O)[O-])c(C(F)F)n2)CC1. The summed E-state index contributed by atoms with van der Waals surface area (Å²) in [5, 5.41) is 14.6. The zero-order valence-electron chi connectivity index (χ0n) is 13.9. The minimum atomic E-state index is -2.98. The summed E-state index contributed by atoms with van der Waals surface area (Å²) >= 11 is 0. The molecule has 25 heavy (non-hydrogen) atoms. The van der Waals surface area contributed by atoms with Gasteiger partial charge in [0.05, 0.1) is 24.2 Å². The molecule has 0 amide bonds. The standard InChI is InChI=1S/C15H21F2N3O5/c1-2-25-13(21)9-24-8-10-3-5-11(6-4-10)19-7-12(20(22)23)14(18-19)15(16)17/h7,10-11,15H,2-6,8-9H2,1H3. The average molecular weight is 361 g/mol. The van der Waals surface area contributed by atoms with E-state index < -0.39 is 28.7 Å². The Morgan fingerprint density at radius 1 is 1.44 bits per heavy atom. The number of halogens is 2. The highest BCUT2D eigenvalue weighted by molar-refractivity contribution is 5.70. The van der Waals surface area contributed by atoms with Gasteiger partial charge in [0.25, 0.3) is 6.43 Å². The summed E-state index contributed by atoms with van der Waals surface area (Å²) in [6.07, 6.45) is 0.971. The van der Waals surface area contributed by atoms with Gasteiger partial charge in [0, 0.05) is 0 Å². The van der Waals surface area contributed by atoms with Crippen molar-refractivity contribution in [2.45, 2.75) is 45.1 Å². The minimum Gasteiger partial charge on any atom is -0.464 e. The molecule has 0 bridgehead atoms. The lowest BCUT2D eigenvalue weighted by Crippen LogP contribution is -2.23. The smallest absolute Gasteiger partial charge is 0.332 e. The second-order valence-electron chi connectivity index (χ2n) is 5.93. The van der Waals surface area contributed by atoms with Crippen LogP contribution in [-0.2, 0) is 14.3 Å². The largest absolute Gasteiger partial charge is 0.464 e. The van der Waals surface area contributed by atoms with E-state index in [4.69, 9.17) is 9.47 Å². The summed E-state index contributed by atoms with van der Waals surface area (Å²) in [6.45, 7) is 2.37. The summed E-state index contributed by atoms with van der Waals surface area (Å²) in [6, 6.07) is -0.146. The van der Waals surface area contributed by atoms with Crippen molar-refractivity contribution in [1.82, 2.24) is 9.78 Å². The second kappa shape index (κ2) is 8.84. The summed E-state index contributed by atoms with van der Waals surface area (Å²) in [5.74, 6) is -0.148. The molecule has 0 N–H and O–H groups in total. The van der Waals surface area contributed by atoms with Crippen LogP contribution in [0.5, 0.6) is 0 Å². The summed E-state index contributed by atoms with van der Waals surface area (Å²) in [4.78, 5) is 21.2. The zero-order valence-corrected chi connectivity index (χ0v) is 13.9. The van der Waals surface area contributed by atoms with Crippen LogP contribution in [-0.4, -0.2) is 40.5 Å². The maximum Gasteiger partial charge on any atom is 0.332 e. The van der Waals surface area contributed by atoms with E-state index in [2.05, 4.69) is 5.10 Å². The lowest BCUT2D eigenvalue weighted by molar-refractivity contribution is -0.386. The van der Waals surface area contributed by atoms with Crippen molar-refractivity contribution >= 4 is 11.7 Å². The number of nitrogens with zero attached hydrogens (tertiary/aromatic N) is 3. The van der Waals surface area contributed by atoms with Gasteiger partial charge >= 0.3 is 11.7 Å². The highest BCUT2D eigenvalue weighted by atomic mass is 19.3. The van der Waals surface area contributed by atoms with Crippen LogP contribution in [0.4, 0.5) is 14.5 Å². The normalized spacial score (nSPS) is 20.6. The minimum absolute atomic E-state index is 0.0864. The van der Waals surface area contributed by atoms with Gasteiger partial charge in [-0.25, -0.2) is 13.6 Å². The summed E-state index contributed by atoms with van der Waals surface area (Å²) < 4.78 is 37.1. The summed E-state index contributed by atoms with van der Waals surface area (Å²) in [5.41, 5.74) is -1.43. The molecule has 0 spiro atoms. The molecule has 8 nitrogen and oxygen atoms in total. The molecule has 0 aromatic carbocycles. The Balaban J connectivity index is 1.85. The molecule has 140 valence electrons. The highest BCUT2D eigenvalue weighted by Gasteiger charge is 2.30. The van der Waals surface area contributed by atoms with Crippen molar-refractivity contribution in [1.29, 1.82) is 0 Å². The molecule has 1 aliphatic carbocycles. The first-order valence-corrected chi connectivity index (χ1v) is 8.17. The molecule has 1 fully saturated rings. The number of alkyl halides is 2. The molecule has 1 aromatic heterocycles. The van der Waals surface area contributed by atoms with Crippen LogP contribution in [0, 0.1) is 16.0 Å². The highest BCUT2D eigenvalue weighted by Crippen LogP contribution is 2.35. The van der Waals surface area contributed by atoms with Gasteiger partial charge in [-0.1, -0.05) is 0 Å². The number of ether oxygens (including phenoxy) is 2. The third kappa shape index (κ3) is 5.18. The van der Waals surface area contributed by atoms with Gasteiger partial charge in [-0.05, 0) is 38.5 Å². The second-order valence-corrected chi connectivity index (χ2v) is 5.93. The molecule has 0 radical (unpaired) electrons. The monoisotopic (exact) mass is 361 g/mol. The van der Waals surface area contributed by atoms with Crippen molar-refractivity contribution in [2.24, 2.45) is 5.92 Å². The fourth-order valence-electron chi connectivity index (χ4n) is 2.97. The van der Waals surface area contributed by atoms with Crippen LogP contribution in [0.1, 0.15) is 50.8 Å². The fourth-order valence-corrected chi connectivity index (χ4v) is 2.97. The average Bonchev–Trinajstić information content (AvgIpc) is 3.01. The van der Waals surface area contributed by atoms with Crippen molar-refractivity contribution in [3.8, 4) is 0 Å². The number of rotatable bonds is 8. The molecular formula is C15H21F2N3O5. The fraction of sp³-hybridized carbons (Fsp3) is 0.733. The van der Waals surface area contributed by atoms with Crippen LogP contribution in [0.15, 0.2) is 6.20 Å². The van der Waals surface area contributed by atoms with Gasteiger partial charge in [-0.3, -0.25) is 14.8 Å². The number of esters is 1. The first kappa shape index (κ1) is 19.2. The van der Waals surface area contributed by atoms with Crippen molar-refractivity contribution < 1.29 is 28.0 Å². The quantitative estimate of drug-likeness (QED) is 0.401. The van der Waals surface area contributed by atoms with Crippen LogP contribution < -0.4 is 0 Å². The Bertz CT molecular complexity index is 600. The van der Waals surface area contributed by atoms with E-state index in [0.717, 1.165) is 19.0 Å². The van der Waals surface area contributed by atoms with Gasteiger partial charge in [0.15, 0.2) is 0 Å². The number of hydrogen-bond donors (Lipinski definition) is 0. The topological polar surface area (TPSA) is 96.5 Å². The Morgan fingerprint density at radius 2 is 2.12 bits per heavy atom. The summed E-state index contributed by atoms with van der Waals surface area (Å²) in [7, 11) is 0. The molecule has 0 aliphatic heterocycles. The number of carbonyl (C=O) groups is 1. The van der Waals surface area contributed by atoms with Gasteiger partial charge in [-0.15, -0.1) is 0 Å². The van der Waals surface area contributed by atoms with E-state index in [-0.39, 0.29) is 18.6 Å². The third-order valence-corrected chi connectivity index (χ3v) is 4.21. The Kier molecular flexibility index (Phi) is 6.80. The van der Waals surface area contributed by atoms with E-state index in [0.29, 0.717) is 26.1 Å². The third-order valence-electron chi connectivity index (χ3n) is 4.21. The zero-order chi connectivity index (χ0) is 18.4. The number of aromatic nitrogens is 2. The van der Waals surface area contributed by atoms with Crippen LogP contribution in [0.2, 0.25) is 0 Å². The lowest BCUT2D eigenvalue weighted by Gasteiger charge is -2.28. The molecular weight excluding hydrogens is 340 g/mol. The van der Waals surface area contributed by atoms with E-state index in [1.54, 1.807) is 6.92 Å². The molecule has 0 saturated heterocycles. The molecule has 1 aromatic rings. The molecule has 0 unspecified atom stereocenters. The predicted octanol–water partition coefficient (Wildman–Crippen LogP) is 3.04. The number of hydrogen-bond acceptors (Lipinski definition) is 6. The molecule has 1 saturated carbocycles.